The van der Waals surface area contributed by atoms with Gasteiger partial charge in [-0.3, -0.25) is 4.52 Å². The van der Waals surface area contributed by atoms with Gasteiger partial charge in [-0.15, -0.1) is 0 Å². The molecule has 0 unspecified atom stereocenters. The number of hydrogen-bond donors (Lipinski definition) is 0. The number of rotatable bonds is 2. The molecule has 1 aromatic heterocycles. The molecule has 0 saturated carbocycles. The first kappa shape index (κ1) is 11.5. The molecule has 4 nitrogen and oxygen atoms in total. The van der Waals surface area contributed by atoms with Gasteiger partial charge in [0, 0.05) is 5.56 Å². The first-order valence-electron chi connectivity index (χ1n) is 5.97. The first-order valence-corrected chi connectivity index (χ1v) is 5.97. The van der Waals surface area contributed by atoms with E-state index in [4.69, 9.17) is 4.52 Å². The molecule has 1 heterocycles. The SMILES string of the molecule is Cc1ccc(-c2noc(=O)n2-c2ccccc2)cc1. The van der Waals surface area contributed by atoms with Crippen LogP contribution in [0.3, 0.4) is 0 Å². The molecule has 0 fully saturated rings. The van der Waals surface area contributed by atoms with E-state index in [0.29, 0.717) is 5.82 Å². The molecule has 0 radical (unpaired) electrons. The minimum atomic E-state index is -0.484. The zero-order valence-corrected chi connectivity index (χ0v) is 10.4. The molecule has 0 aliphatic carbocycles. The average molecular weight is 252 g/mol. The maximum Gasteiger partial charge on any atom is 0.446 e. The normalized spacial score (nSPS) is 10.6. The van der Waals surface area contributed by atoms with E-state index >= 15 is 0 Å². The van der Waals surface area contributed by atoms with Crippen molar-refractivity contribution >= 4 is 0 Å². The minimum Gasteiger partial charge on any atom is -0.295 e. The summed E-state index contributed by atoms with van der Waals surface area (Å²) in [5, 5.41) is 3.87. The van der Waals surface area contributed by atoms with Gasteiger partial charge in [-0.1, -0.05) is 53.2 Å². The topological polar surface area (TPSA) is 48.0 Å². The summed E-state index contributed by atoms with van der Waals surface area (Å²) in [6.45, 7) is 2.01. The van der Waals surface area contributed by atoms with Crippen molar-refractivity contribution in [3.8, 4) is 17.1 Å². The third-order valence-corrected chi connectivity index (χ3v) is 2.93. The zero-order chi connectivity index (χ0) is 13.2. The van der Waals surface area contributed by atoms with Gasteiger partial charge in [0.15, 0.2) is 5.82 Å². The van der Waals surface area contributed by atoms with E-state index in [1.165, 1.54) is 4.57 Å². The monoisotopic (exact) mass is 252 g/mol. The lowest BCUT2D eigenvalue weighted by Gasteiger charge is -2.04. The van der Waals surface area contributed by atoms with E-state index in [-0.39, 0.29) is 0 Å². The second-order valence-electron chi connectivity index (χ2n) is 4.31. The first-order chi connectivity index (χ1) is 9.25. The van der Waals surface area contributed by atoms with Gasteiger partial charge in [-0.25, -0.2) is 9.36 Å². The number of nitrogens with zero attached hydrogens (tertiary/aromatic N) is 2. The Balaban J connectivity index is 2.19. The van der Waals surface area contributed by atoms with Crippen molar-refractivity contribution < 1.29 is 4.52 Å². The standard InChI is InChI=1S/C15H12N2O2/c1-11-7-9-12(10-8-11)14-16-19-15(18)17(14)13-5-3-2-4-6-13/h2-10H,1H3. The highest BCUT2D eigenvalue weighted by Gasteiger charge is 2.13. The molecule has 3 rings (SSSR count). The lowest BCUT2D eigenvalue weighted by Crippen LogP contribution is -2.12. The van der Waals surface area contributed by atoms with Gasteiger partial charge in [0.05, 0.1) is 5.69 Å². The fourth-order valence-electron chi connectivity index (χ4n) is 1.94. The van der Waals surface area contributed by atoms with E-state index in [2.05, 4.69) is 5.16 Å². The number of hydrogen-bond acceptors (Lipinski definition) is 3. The zero-order valence-electron chi connectivity index (χ0n) is 10.4. The Kier molecular flexibility index (Phi) is 2.76. The van der Waals surface area contributed by atoms with Crippen molar-refractivity contribution in [2.24, 2.45) is 0 Å². The molecular weight excluding hydrogens is 240 g/mol. The van der Waals surface area contributed by atoms with Crippen molar-refractivity contribution in [3.05, 3.63) is 70.7 Å². The lowest BCUT2D eigenvalue weighted by atomic mass is 10.1. The van der Waals surface area contributed by atoms with Gasteiger partial charge in [0.2, 0.25) is 0 Å². The predicted molar refractivity (Wildman–Crippen MR) is 72.3 cm³/mol. The molecule has 4 heteroatoms. The molecular formula is C15H12N2O2. The predicted octanol–water partition coefficient (Wildman–Crippen LogP) is 2.80. The fraction of sp³-hybridized carbons (Fsp3) is 0.0667. The number of benzene rings is 2. The number of para-hydroxylation sites is 1. The van der Waals surface area contributed by atoms with Gasteiger partial charge in [0.25, 0.3) is 0 Å². The van der Waals surface area contributed by atoms with Crippen molar-refractivity contribution in [2.75, 3.05) is 0 Å². The number of aromatic nitrogens is 2. The van der Waals surface area contributed by atoms with Gasteiger partial charge >= 0.3 is 5.76 Å². The maximum absolute atomic E-state index is 11.8. The Bertz CT molecular complexity index is 740. The highest BCUT2D eigenvalue weighted by Crippen LogP contribution is 2.19. The summed E-state index contributed by atoms with van der Waals surface area (Å²) in [6.07, 6.45) is 0. The Labute approximate surface area is 109 Å². The van der Waals surface area contributed by atoms with Gasteiger partial charge in [0.1, 0.15) is 0 Å². The summed E-state index contributed by atoms with van der Waals surface area (Å²) in [5.74, 6) is 0.0259. The average Bonchev–Trinajstić information content (AvgIpc) is 2.82. The van der Waals surface area contributed by atoms with E-state index < -0.39 is 5.76 Å². The van der Waals surface area contributed by atoms with Crippen LogP contribution in [0.5, 0.6) is 0 Å². The van der Waals surface area contributed by atoms with Crippen molar-refractivity contribution in [1.29, 1.82) is 0 Å². The maximum atomic E-state index is 11.8. The van der Waals surface area contributed by atoms with E-state index in [0.717, 1.165) is 16.8 Å². The van der Waals surface area contributed by atoms with E-state index in [9.17, 15) is 4.79 Å². The Morgan fingerprint density at radius 3 is 2.37 bits per heavy atom. The molecule has 3 aromatic rings. The smallest absolute Gasteiger partial charge is 0.295 e. The third-order valence-electron chi connectivity index (χ3n) is 2.93. The molecule has 19 heavy (non-hydrogen) atoms. The molecule has 94 valence electrons. The molecule has 0 aliphatic rings. The van der Waals surface area contributed by atoms with Crippen LogP contribution in [-0.4, -0.2) is 9.72 Å². The van der Waals surface area contributed by atoms with Crippen LogP contribution in [0.4, 0.5) is 0 Å². The summed E-state index contributed by atoms with van der Waals surface area (Å²) in [6, 6.07) is 17.1. The van der Waals surface area contributed by atoms with E-state index in [1.807, 2.05) is 61.5 Å². The second kappa shape index (κ2) is 4.57. The fourth-order valence-corrected chi connectivity index (χ4v) is 1.94. The van der Waals surface area contributed by atoms with Crippen molar-refractivity contribution in [3.63, 3.8) is 0 Å². The van der Waals surface area contributed by atoms with Crippen LogP contribution in [0.2, 0.25) is 0 Å². The summed E-state index contributed by atoms with van der Waals surface area (Å²) in [4.78, 5) is 11.8. The summed E-state index contributed by atoms with van der Waals surface area (Å²) in [7, 11) is 0. The Hall–Kier alpha value is -2.62. The lowest BCUT2D eigenvalue weighted by molar-refractivity contribution is 0.383. The van der Waals surface area contributed by atoms with Gasteiger partial charge in [-0.2, -0.15) is 0 Å². The Morgan fingerprint density at radius 1 is 1.00 bits per heavy atom. The quantitative estimate of drug-likeness (QED) is 0.704. The van der Waals surface area contributed by atoms with Crippen LogP contribution in [0.15, 0.2) is 63.9 Å². The van der Waals surface area contributed by atoms with Crippen LogP contribution in [0, 0.1) is 6.92 Å². The third kappa shape index (κ3) is 2.08. The summed E-state index contributed by atoms with van der Waals surface area (Å²) in [5.41, 5.74) is 2.74. The molecule has 0 amide bonds. The Morgan fingerprint density at radius 2 is 1.68 bits per heavy atom. The molecule has 0 N–H and O–H groups in total. The van der Waals surface area contributed by atoms with Crippen LogP contribution in [0.25, 0.3) is 17.1 Å². The number of aryl methyl sites for hydroxylation is 1. The van der Waals surface area contributed by atoms with Crippen molar-refractivity contribution in [1.82, 2.24) is 9.72 Å². The van der Waals surface area contributed by atoms with Crippen LogP contribution in [-0.2, 0) is 0 Å². The van der Waals surface area contributed by atoms with Crippen LogP contribution < -0.4 is 5.76 Å². The molecule has 0 spiro atoms. The van der Waals surface area contributed by atoms with E-state index in [1.54, 1.807) is 0 Å². The van der Waals surface area contributed by atoms with Crippen LogP contribution >= 0.6 is 0 Å². The van der Waals surface area contributed by atoms with Crippen LogP contribution in [0.1, 0.15) is 5.56 Å². The van der Waals surface area contributed by atoms with Gasteiger partial charge in [-0.05, 0) is 19.1 Å². The largest absolute Gasteiger partial charge is 0.446 e. The summed E-state index contributed by atoms with van der Waals surface area (Å²) >= 11 is 0. The molecule has 0 atom stereocenters. The highest BCUT2D eigenvalue weighted by molar-refractivity contribution is 5.58. The highest BCUT2D eigenvalue weighted by atomic mass is 16.5. The molecule has 0 bridgehead atoms. The van der Waals surface area contributed by atoms with Gasteiger partial charge < -0.3 is 0 Å². The second-order valence-corrected chi connectivity index (χ2v) is 4.31. The summed E-state index contributed by atoms with van der Waals surface area (Å²) < 4.78 is 6.26. The minimum absolute atomic E-state index is 0.484. The molecule has 0 saturated heterocycles. The molecule has 2 aromatic carbocycles. The molecule has 0 aliphatic heterocycles. The van der Waals surface area contributed by atoms with Crippen molar-refractivity contribution in [2.45, 2.75) is 6.92 Å².